The van der Waals surface area contributed by atoms with E-state index in [1.54, 1.807) is 0 Å². The van der Waals surface area contributed by atoms with Crippen LogP contribution in [0.3, 0.4) is 0 Å². The Kier molecular flexibility index (Phi) is 7.06. The maximum atomic E-state index is 2.51. The van der Waals surface area contributed by atoms with Crippen molar-refractivity contribution in [3.63, 3.8) is 0 Å². The molecule has 0 fully saturated rings. The molecule has 0 unspecified atom stereocenters. The molecular weight excluding hydrogens is 735 g/mol. The summed E-state index contributed by atoms with van der Waals surface area (Å²) in [6.45, 7) is 4.71. The van der Waals surface area contributed by atoms with Crippen LogP contribution in [0.5, 0.6) is 0 Å². The van der Waals surface area contributed by atoms with Crippen LogP contribution in [-0.2, 0) is 10.8 Å². The van der Waals surface area contributed by atoms with Crippen LogP contribution in [0.15, 0.2) is 212 Å². The summed E-state index contributed by atoms with van der Waals surface area (Å²) in [5, 5.41) is 4.99. The molecule has 0 N–H and O–H groups in total. The normalized spacial score (nSPS) is 14.3. The summed E-state index contributed by atoms with van der Waals surface area (Å²) in [6.07, 6.45) is 0. The number of benzene rings is 10. The summed E-state index contributed by atoms with van der Waals surface area (Å²) in [6, 6.07) is 79.9. The third-order valence-electron chi connectivity index (χ3n) is 14.2. The van der Waals surface area contributed by atoms with E-state index in [2.05, 4.69) is 231 Å². The van der Waals surface area contributed by atoms with Crippen LogP contribution in [0, 0.1) is 0 Å². The second-order valence-corrected chi connectivity index (χ2v) is 17.6. The Labute approximate surface area is 356 Å². The molecule has 0 saturated heterocycles. The van der Waals surface area contributed by atoms with Crippen LogP contribution in [0.2, 0.25) is 0 Å². The van der Waals surface area contributed by atoms with Gasteiger partial charge in [0.05, 0.1) is 11.1 Å². The zero-order chi connectivity index (χ0) is 40.5. The first-order valence-electron chi connectivity index (χ1n) is 21.5. The van der Waals surface area contributed by atoms with Crippen LogP contribution >= 0.6 is 0 Å². The average Bonchev–Trinajstić information content (AvgIpc) is 3.86. The molecule has 0 radical (unpaired) electrons. The number of nitrogens with zero attached hydrogens (tertiary/aromatic N) is 1. The van der Waals surface area contributed by atoms with Gasteiger partial charge in [-0.1, -0.05) is 178 Å². The van der Waals surface area contributed by atoms with Crippen molar-refractivity contribution < 1.29 is 0 Å². The van der Waals surface area contributed by atoms with Gasteiger partial charge in [0.15, 0.2) is 0 Å². The van der Waals surface area contributed by atoms with Crippen molar-refractivity contribution in [2.24, 2.45) is 0 Å². The quantitative estimate of drug-likeness (QED) is 0.172. The third kappa shape index (κ3) is 4.66. The van der Waals surface area contributed by atoms with Gasteiger partial charge in [0.2, 0.25) is 0 Å². The van der Waals surface area contributed by atoms with Crippen LogP contribution < -0.4 is 4.90 Å². The summed E-state index contributed by atoms with van der Waals surface area (Å²) in [5.41, 5.74) is 21.5. The molecule has 0 amide bonds. The predicted octanol–water partition coefficient (Wildman–Crippen LogP) is 15.8. The van der Waals surface area contributed by atoms with E-state index in [0.717, 1.165) is 17.1 Å². The molecule has 10 aromatic carbocycles. The summed E-state index contributed by atoms with van der Waals surface area (Å²) < 4.78 is 0. The predicted molar refractivity (Wildman–Crippen MR) is 255 cm³/mol. The summed E-state index contributed by atoms with van der Waals surface area (Å²) in [5.74, 6) is 0. The lowest BCUT2D eigenvalue weighted by molar-refractivity contribution is 0.660. The minimum Gasteiger partial charge on any atom is -0.310 e. The molecular formula is C60H41N. The lowest BCUT2D eigenvalue weighted by Gasteiger charge is -2.31. The molecule has 3 aliphatic carbocycles. The topological polar surface area (TPSA) is 3.24 Å². The zero-order valence-electron chi connectivity index (χ0n) is 34.2. The first-order valence-corrected chi connectivity index (χ1v) is 21.5. The van der Waals surface area contributed by atoms with E-state index in [0.29, 0.717) is 0 Å². The Morgan fingerprint density at radius 2 is 0.836 bits per heavy atom. The van der Waals surface area contributed by atoms with Gasteiger partial charge in [-0.15, -0.1) is 0 Å². The van der Waals surface area contributed by atoms with Gasteiger partial charge < -0.3 is 4.90 Å². The van der Waals surface area contributed by atoms with Crippen molar-refractivity contribution in [2.75, 3.05) is 4.90 Å². The molecule has 0 atom stereocenters. The van der Waals surface area contributed by atoms with Gasteiger partial charge in [-0.25, -0.2) is 0 Å². The molecule has 0 aliphatic heterocycles. The van der Waals surface area contributed by atoms with Crippen molar-refractivity contribution in [3.05, 3.63) is 246 Å². The van der Waals surface area contributed by atoms with E-state index >= 15 is 0 Å². The fraction of sp³-hybridized carbons (Fsp3) is 0.0667. The molecule has 3 aliphatic rings. The van der Waals surface area contributed by atoms with E-state index < -0.39 is 5.41 Å². The highest BCUT2D eigenvalue weighted by molar-refractivity contribution is 6.02. The van der Waals surface area contributed by atoms with Crippen molar-refractivity contribution in [3.8, 4) is 44.5 Å². The van der Waals surface area contributed by atoms with Gasteiger partial charge in [-0.2, -0.15) is 0 Å². The summed E-state index contributed by atoms with van der Waals surface area (Å²) in [7, 11) is 0. The van der Waals surface area contributed by atoms with E-state index in [-0.39, 0.29) is 5.41 Å². The Hall–Kier alpha value is -7.48. The van der Waals surface area contributed by atoms with E-state index in [1.807, 2.05) is 0 Å². The van der Waals surface area contributed by atoms with Crippen LogP contribution in [0.25, 0.3) is 66.1 Å². The van der Waals surface area contributed by atoms with Gasteiger partial charge in [-0.05, 0) is 143 Å². The molecule has 10 aromatic rings. The molecule has 0 saturated carbocycles. The molecule has 13 rings (SSSR count). The number of fused-ring (bicyclic) bond motifs is 15. The first-order chi connectivity index (χ1) is 30.0. The van der Waals surface area contributed by atoms with Crippen molar-refractivity contribution >= 4 is 38.6 Å². The molecule has 0 bridgehead atoms. The third-order valence-corrected chi connectivity index (χ3v) is 14.2. The molecule has 0 aromatic heterocycles. The standard InChI is InChI=1S/C60H41N/c1-59(2)52-25-10-7-24-48(52)51-37-44(30-32-53(51)59)61(58-28-14-18-38-15-5-6-21-45(38)58)43-20-13-19-39(33-43)42-29-31-49-50-34-40-16-3-4-17-41(40)35-57(50)60(56(49)36-42)54-26-11-8-22-46(54)47-23-9-12-27-55(47)60/h3-37H,1-2H3. The number of rotatable bonds is 4. The van der Waals surface area contributed by atoms with Gasteiger partial charge in [0.25, 0.3) is 0 Å². The second-order valence-electron chi connectivity index (χ2n) is 17.6. The highest BCUT2D eigenvalue weighted by Gasteiger charge is 2.51. The minimum absolute atomic E-state index is 0.0632. The maximum absolute atomic E-state index is 2.51. The van der Waals surface area contributed by atoms with Crippen LogP contribution in [0.1, 0.15) is 47.2 Å². The fourth-order valence-electron chi connectivity index (χ4n) is 11.5. The maximum Gasteiger partial charge on any atom is 0.0725 e. The number of hydrogen-bond acceptors (Lipinski definition) is 1. The molecule has 1 spiro atoms. The largest absolute Gasteiger partial charge is 0.310 e. The highest BCUT2D eigenvalue weighted by atomic mass is 15.1. The minimum atomic E-state index is -0.432. The SMILES string of the molecule is CC1(C)c2ccccc2-c2cc(N(c3cccc(-c4ccc5c(c4)C4(c6ccccc6-c6ccccc64)c4cc6ccccc6cc4-5)c3)c3cccc4ccccc34)ccc21. The van der Waals surface area contributed by atoms with E-state index in [1.165, 1.54) is 99.4 Å². The lowest BCUT2D eigenvalue weighted by Crippen LogP contribution is -2.25. The van der Waals surface area contributed by atoms with Crippen molar-refractivity contribution in [1.29, 1.82) is 0 Å². The smallest absolute Gasteiger partial charge is 0.0725 e. The number of anilines is 3. The van der Waals surface area contributed by atoms with E-state index in [4.69, 9.17) is 0 Å². The summed E-state index contributed by atoms with van der Waals surface area (Å²) >= 11 is 0. The highest BCUT2D eigenvalue weighted by Crippen LogP contribution is 2.63. The zero-order valence-corrected chi connectivity index (χ0v) is 34.2. The Morgan fingerprint density at radius 1 is 0.311 bits per heavy atom. The molecule has 286 valence electrons. The fourth-order valence-corrected chi connectivity index (χ4v) is 11.5. The Balaban J connectivity index is 1.03. The van der Waals surface area contributed by atoms with Gasteiger partial charge in [0, 0.05) is 22.2 Å². The van der Waals surface area contributed by atoms with Gasteiger partial charge in [0.1, 0.15) is 0 Å². The van der Waals surface area contributed by atoms with E-state index in [9.17, 15) is 0 Å². The molecule has 1 nitrogen and oxygen atoms in total. The summed E-state index contributed by atoms with van der Waals surface area (Å²) in [4.78, 5) is 2.47. The number of hydrogen-bond donors (Lipinski definition) is 0. The van der Waals surface area contributed by atoms with Crippen LogP contribution in [-0.4, -0.2) is 0 Å². The molecule has 61 heavy (non-hydrogen) atoms. The van der Waals surface area contributed by atoms with Crippen molar-refractivity contribution in [1.82, 2.24) is 0 Å². The van der Waals surface area contributed by atoms with Gasteiger partial charge in [-0.3, -0.25) is 0 Å². The average molecular weight is 776 g/mol. The Morgan fingerprint density at radius 3 is 1.61 bits per heavy atom. The van der Waals surface area contributed by atoms with Crippen molar-refractivity contribution in [2.45, 2.75) is 24.7 Å². The lowest BCUT2D eigenvalue weighted by atomic mass is 9.70. The monoisotopic (exact) mass is 775 g/mol. The Bertz CT molecular complexity index is 3420. The molecule has 0 heterocycles. The molecule has 1 heteroatoms. The van der Waals surface area contributed by atoms with Crippen LogP contribution in [0.4, 0.5) is 17.1 Å². The second kappa shape index (κ2) is 12.5. The first kappa shape index (κ1) is 34.4. The van der Waals surface area contributed by atoms with Gasteiger partial charge >= 0.3 is 0 Å².